The third-order valence-electron chi connectivity index (χ3n) is 3.89. The largest absolute Gasteiger partial charge is 0.490 e. The van der Waals surface area contributed by atoms with Gasteiger partial charge in [0.25, 0.3) is 0 Å². The van der Waals surface area contributed by atoms with Crippen molar-refractivity contribution >= 4 is 6.29 Å². The Kier molecular flexibility index (Phi) is 2.58. The van der Waals surface area contributed by atoms with E-state index in [-0.39, 0.29) is 12.2 Å². The summed E-state index contributed by atoms with van der Waals surface area (Å²) in [4.78, 5) is 10.9. The highest BCUT2D eigenvalue weighted by molar-refractivity contribution is 5.67. The van der Waals surface area contributed by atoms with Crippen molar-refractivity contribution in [2.75, 3.05) is 0 Å². The molecular formula is C15H18O3. The molecule has 1 aromatic rings. The summed E-state index contributed by atoms with van der Waals surface area (Å²) in [5.41, 5.74) is 4.66. The lowest BCUT2D eigenvalue weighted by atomic mass is 9.92. The van der Waals surface area contributed by atoms with Gasteiger partial charge in [0.2, 0.25) is 0 Å². The van der Waals surface area contributed by atoms with Crippen molar-refractivity contribution in [3.05, 3.63) is 22.3 Å². The molecule has 2 atom stereocenters. The fourth-order valence-corrected chi connectivity index (χ4v) is 3.11. The molecule has 0 aliphatic carbocycles. The minimum atomic E-state index is 0.198. The average Bonchev–Trinajstić information content (AvgIpc) is 2.88. The molecule has 2 aliphatic rings. The van der Waals surface area contributed by atoms with Crippen molar-refractivity contribution in [3.63, 3.8) is 0 Å². The minimum Gasteiger partial charge on any atom is -0.490 e. The van der Waals surface area contributed by atoms with E-state index in [1.165, 1.54) is 16.7 Å². The lowest BCUT2D eigenvalue weighted by Crippen LogP contribution is -2.08. The fraction of sp³-hybridized carbons (Fsp3) is 0.533. The average molecular weight is 246 g/mol. The van der Waals surface area contributed by atoms with Crippen LogP contribution in [0.3, 0.4) is 0 Å². The predicted molar refractivity (Wildman–Crippen MR) is 68.5 cm³/mol. The first-order valence-electron chi connectivity index (χ1n) is 6.56. The van der Waals surface area contributed by atoms with E-state index in [1.54, 1.807) is 0 Å². The van der Waals surface area contributed by atoms with E-state index in [4.69, 9.17) is 9.47 Å². The number of fused-ring (bicyclic) bond motifs is 2. The number of carbonyl (C=O) groups is 1. The first kappa shape index (κ1) is 11.6. The number of ether oxygens (including phenoxy) is 2. The molecule has 0 saturated heterocycles. The highest BCUT2D eigenvalue weighted by Gasteiger charge is 2.33. The zero-order chi connectivity index (χ0) is 12.9. The van der Waals surface area contributed by atoms with Gasteiger partial charge in [-0.25, -0.2) is 0 Å². The second kappa shape index (κ2) is 4.01. The summed E-state index contributed by atoms with van der Waals surface area (Å²) in [7, 11) is 0. The Balaban J connectivity index is 2.22. The van der Waals surface area contributed by atoms with Gasteiger partial charge in [0.15, 0.2) is 0 Å². The molecule has 0 N–H and O–H groups in total. The molecule has 2 aliphatic heterocycles. The van der Waals surface area contributed by atoms with Crippen molar-refractivity contribution in [1.29, 1.82) is 0 Å². The van der Waals surface area contributed by atoms with Crippen LogP contribution in [0.2, 0.25) is 0 Å². The van der Waals surface area contributed by atoms with Crippen LogP contribution in [0.25, 0.3) is 0 Å². The topological polar surface area (TPSA) is 35.5 Å². The summed E-state index contributed by atoms with van der Waals surface area (Å²) in [5.74, 6) is 1.94. The van der Waals surface area contributed by atoms with Crippen LogP contribution in [0.5, 0.6) is 11.5 Å². The molecule has 18 heavy (non-hydrogen) atoms. The predicted octanol–water partition coefficient (Wildman–Crippen LogP) is 2.38. The van der Waals surface area contributed by atoms with Crippen LogP contribution in [-0.2, 0) is 24.1 Å². The van der Waals surface area contributed by atoms with Gasteiger partial charge in [-0.15, -0.1) is 0 Å². The molecule has 0 spiro atoms. The van der Waals surface area contributed by atoms with Crippen LogP contribution in [0.4, 0.5) is 0 Å². The molecule has 3 nitrogen and oxygen atoms in total. The van der Waals surface area contributed by atoms with Crippen molar-refractivity contribution in [2.24, 2.45) is 0 Å². The molecule has 1 aromatic carbocycles. The van der Waals surface area contributed by atoms with Gasteiger partial charge in [-0.3, -0.25) is 0 Å². The molecule has 0 amide bonds. The maximum Gasteiger partial charge on any atom is 0.127 e. The number of aldehydes is 1. The van der Waals surface area contributed by atoms with E-state index >= 15 is 0 Å². The van der Waals surface area contributed by atoms with Gasteiger partial charge in [-0.1, -0.05) is 0 Å². The van der Waals surface area contributed by atoms with Gasteiger partial charge in [-0.2, -0.15) is 0 Å². The summed E-state index contributed by atoms with van der Waals surface area (Å²) >= 11 is 0. The van der Waals surface area contributed by atoms with Gasteiger partial charge in [0.05, 0.1) is 0 Å². The molecule has 2 heterocycles. The first-order valence-corrected chi connectivity index (χ1v) is 6.56. The Morgan fingerprint density at radius 2 is 1.72 bits per heavy atom. The zero-order valence-corrected chi connectivity index (χ0v) is 11.1. The lowest BCUT2D eigenvalue weighted by Gasteiger charge is -2.14. The second-order valence-electron chi connectivity index (χ2n) is 5.35. The monoisotopic (exact) mass is 246 g/mol. The van der Waals surface area contributed by atoms with Gasteiger partial charge in [-0.05, 0) is 26.3 Å². The van der Waals surface area contributed by atoms with Crippen molar-refractivity contribution in [1.82, 2.24) is 0 Å². The van der Waals surface area contributed by atoms with E-state index in [0.29, 0.717) is 6.42 Å². The number of rotatable bonds is 2. The molecule has 0 saturated carbocycles. The Labute approximate surface area is 107 Å². The number of hydrogen-bond donors (Lipinski definition) is 0. The highest BCUT2D eigenvalue weighted by Crippen LogP contribution is 2.46. The van der Waals surface area contributed by atoms with E-state index < -0.39 is 0 Å². The Morgan fingerprint density at radius 1 is 1.11 bits per heavy atom. The van der Waals surface area contributed by atoms with Crippen molar-refractivity contribution < 1.29 is 14.3 Å². The van der Waals surface area contributed by atoms with E-state index in [0.717, 1.165) is 36.2 Å². The van der Waals surface area contributed by atoms with Gasteiger partial charge < -0.3 is 14.3 Å². The Morgan fingerprint density at radius 3 is 2.39 bits per heavy atom. The summed E-state index contributed by atoms with van der Waals surface area (Å²) in [6.07, 6.45) is 3.57. The van der Waals surface area contributed by atoms with Crippen LogP contribution in [0.15, 0.2) is 0 Å². The fourth-order valence-electron chi connectivity index (χ4n) is 3.11. The number of benzene rings is 1. The quantitative estimate of drug-likeness (QED) is 0.752. The molecule has 96 valence electrons. The minimum absolute atomic E-state index is 0.198. The van der Waals surface area contributed by atoms with Crippen LogP contribution >= 0.6 is 0 Å². The van der Waals surface area contributed by atoms with Crippen molar-refractivity contribution in [2.45, 2.75) is 52.2 Å². The third kappa shape index (κ3) is 1.53. The standard InChI is InChI=1S/C15H18O3/c1-8-6-12-10(3)14-13(7-9(2)17-14)11(4-5-16)15(12)18-8/h5,8-9H,4,6-7H2,1-3H3. The number of hydrogen-bond acceptors (Lipinski definition) is 3. The van der Waals surface area contributed by atoms with Gasteiger partial charge in [0.1, 0.15) is 30.0 Å². The summed E-state index contributed by atoms with van der Waals surface area (Å²) in [5, 5.41) is 0. The zero-order valence-electron chi connectivity index (χ0n) is 11.1. The van der Waals surface area contributed by atoms with E-state index in [2.05, 4.69) is 20.8 Å². The lowest BCUT2D eigenvalue weighted by molar-refractivity contribution is -0.107. The third-order valence-corrected chi connectivity index (χ3v) is 3.89. The normalized spacial score (nSPS) is 24.2. The van der Waals surface area contributed by atoms with Crippen LogP contribution < -0.4 is 9.47 Å². The first-order chi connectivity index (χ1) is 8.61. The molecule has 0 fully saturated rings. The van der Waals surface area contributed by atoms with E-state index in [1.807, 2.05) is 0 Å². The SMILES string of the molecule is Cc1c2c(c(CC=O)c3c1OC(C)C3)OC(C)C2. The van der Waals surface area contributed by atoms with Crippen LogP contribution in [0.1, 0.15) is 36.1 Å². The molecule has 3 rings (SSSR count). The maximum absolute atomic E-state index is 10.9. The molecule has 0 bridgehead atoms. The van der Waals surface area contributed by atoms with Crippen LogP contribution in [-0.4, -0.2) is 18.5 Å². The second-order valence-corrected chi connectivity index (χ2v) is 5.35. The summed E-state index contributed by atoms with van der Waals surface area (Å²) in [6, 6.07) is 0. The maximum atomic E-state index is 10.9. The van der Waals surface area contributed by atoms with Crippen molar-refractivity contribution in [3.8, 4) is 11.5 Å². The highest BCUT2D eigenvalue weighted by atomic mass is 16.5. The van der Waals surface area contributed by atoms with Gasteiger partial charge in [0, 0.05) is 36.0 Å². The molecule has 3 heteroatoms. The smallest absolute Gasteiger partial charge is 0.127 e. The molecule has 0 radical (unpaired) electrons. The van der Waals surface area contributed by atoms with Gasteiger partial charge >= 0.3 is 0 Å². The van der Waals surface area contributed by atoms with E-state index in [9.17, 15) is 4.79 Å². The number of carbonyl (C=O) groups excluding carboxylic acids is 1. The molecule has 0 aromatic heterocycles. The summed E-state index contributed by atoms with van der Waals surface area (Å²) in [6.45, 7) is 6.24. The molecule has 2 unspecified atom stereocenters. The Hall–Kier alpha value is -1.51. The summed E-state index contributed by atoms with van der Waals surface area (Å²) < 4.78 is 11.8. The Bertz CT molecular complexity index is 480. The molecular weight excluding hydrogens is 228 g/mol. The van der Waals surface area contributed by atoms with Crippen LogP contribution in [0, 0.1) is 6.92 Å².